The summed E-state index contributed by atoms with van der Waals surface area (Å²) in [7, 11) is 0. The highest BCUT2D eigenvalue weighted by atomic mass is 16.5. The van der Waals surface area contributed by atoms with E-state index >= 15 is 0 Å². The number of aromatic nitrogens is 1. The monoisotopic (exact) mass is 328 g/mol. The lowest BCUT2D eigenvalue weighted by atomic mass is 9.95. The second-order valence-electron chi connectivity index (χ2n) is 5.87. The van der Waals surface area contributed by atoms with Crippen molar-refractivity contribution >= 4 is 33.3 Å². The first-order valence-corrected chi connectivity index (χ1v) is 7.99. The molecule has 4 nitrogen and oxygen atoms in total. The Kier molecular flexibility index (Phi) is 3.58. The van der Waals surface area contributed by atoms with Crippen LogP contribution in [0.15, 0.2) is 66.7 Å². The van der Waals surface area contributed by atoms with Crippen molar-refractivity contribution in [3.63, 3.8) is 0 Å². The summed E-state index contributed by atoms with van der Waals surface area (Å²) < 4.78 is 5.15. The summed E-state index contributed by atoms with van der Waals surface area (Å²) in [6, 6.07) is 21.6. The second kappa shape index (κ2) is 5.91. The highest BCUT2D eigenvalue weighted by Crippen LogP contribution is 2.35. The topological polar surface area (TPSA) is 65.2 Å². The van der Waals surface area contributed by atoms with Crippen molar-refractivity contribution in [2.75, 3.05) is 5.73 Å². The molecule has 122 valence electrons. The van der Waals surface area contributed by atoms with Gasteiger partial charge in [-0.1, -0.05) is 48.5 Å². The largest absolute Gasteiger partial charge is 0.408 e. The Morgan fingerprint density at radius 2 is 1.60 bits per heavy atom. The van der Waals surface area contributed by atoms with Crippen molar-refractivity contribution in [3.05, 3.63) is 66.7 Å². The third-order valence-corrected chi connectivity index (χ3v) is 4.19. The van der Waals surface area contributed by atoms with Gasteiger partial charge in [0.05, 0.1) is 5.52 Å². The van der Waals surface area contributed by atoms with Gasteiger partial charge in [-0.15, -0.1) is 0 Å². The summed E-state index contributed by atoms with van der Waals surface area (Å²) in [6.07, 6.45) is 0. The number of esters is 1. The Hall–Kier alpha value is -3.40. The maximum atomic E-state index is 11.2. The number of carbonyl (C=O) groups is 1. The summed E-state index contributed by atoms with van der Waals surface area (Å²) in [5, 5.41) is 3.05. The van der Waals surface area contributed by atoms with Gasteiger partial charge < -0.3 is 10.5 Å². The maximum absolute atomic E-state index is 11.2. The zero-order valence-electron chi connectivity index (χ0n) is 13.7. The van der Waals surface area contributed by atoms with E-state index in [1.165, 1.54) is 6.92 Å². The average molecular weight is 328 g/mol. The minimum Gasteiger partial charge on any atom is -0.408 e. The number of nitrogens with zero attached hydrogens (tertiary/aromatic N) is 1. The van der Waals surface area contributed by atoms with Crippen LogP contribution in [0.2, 0.25) is 0 Å². The van der Waals surface area contributed by atoms with Crippen LogP contribution in [0.3, 0.4) is 0 Å². The van der Waals surface area contributed by atoms with Gasteiger partial charge in [-0.2, -0.15) is 0 Å². The zero-order chi connectivity index (χ0) is 17.4. The number of nitrogen functional groups attached to an aromatic ring is 1. The Morgan fingerprint density at radius 1 is 0.880 bits per heavy atom. The smallest absolute Gasteiger partial charge is 0.309 e. The van der Waals surface area contributed by atoms with Gasteiger partial charge >= 0.3 is 5.97 Å². The Labute approximate surface area is 144 Å². The number of fused-ring (bicyclic) bond motifs is 2. The van der Waals surface area contributed by atoms with Crippen LogP contribution in [-0.4, -0.2) is 11.0 Å². The molecule has 1 heterocycles. The van der Waals surface area contributed by atoms with E-state index in [1.807, 2.05) is 48.5 Å². The number of carbonyl (C=O) groups excluding carboxylic acids is 1. The van der Waals surface area contributed by atoms with Gasteiger partial charge in [0.2, 0.25) is 5.88 Å². The van der Waals surface area contributed by atoms with Crippen molar-refractivity contribution in [1.29, 1.82) is 0 Å². The van der Waals surface area contributed by atoms with Crippen molar-refractivity contribution in [2.45, 2.75) is 6.92 Å². The van der Waals surface area contributed by atoms with Crippen molar-refractivity contribution in [3.8, 4) is 17.0 Å². The standard InChI is InChI=1S/C21H16N2O2/c1-13(24)25-20-12-11-14-5-2-9-18(21(14)23-20)16-6-3-8-17-15(16)7-4-10-19(17)22/h2-12H,22H2,1H3. The van der Waals surface area contributed by atoms with Crippen LogP contribution in [0.25, 0.3) is 32.8 Å². The number of ether oxygens (including phenoxy) is 1. The van der Waals surface area contributed by atoms with E-state index in [2.05, 4.69) is 17.1 Å². The third kappa shape index (κ3) is 2.68. The first kappa shape index (κ1) is 15.1. The highest BCUT2D eigenvalue weighted by molar-refractivity contribution is 6.07. The summed E-state index contributed by atoms with van der Waals surface area (Å²) in [4.78, 5) is 15.8. The number of nitrogens with two attached hydrogens (primary N) is 1. The molecule has 0 spiro atoms. The lowest BCUT2D eigenvalue weighted by molar-refractivity contribution is -0.132. The first-order chi connectivity index (χ1) is 12.1. The average Bonchev–Trinajstić information content (AvgIpc) is 2.61. The van der Waals surface area contributed by atoms with Gasteiger partial charge in [-0.05, 0) is 23.1 Å². The second-order valence-corrected chi connectivity index (χ2v) is 5.87. The van der Waals surface area contributed by atoms with Crippen LogP contribution in [0.1, 0.15) is 6.92 Å². The number of hydrogen-bond acceptors (Lipinski definition) is 4. The van der Waals surface area contributed by atoms with Crippen molar-refractivity contribution in [1.82, 2.24) is 4.98 Å². The summed E-state index contributed by atoms with van der Waals surface area (Å²) >= 11 is 0. The fourth-order valence-electron chi connectivity index (χ4n) is 3.12. The molecule has 2 N–H and O–H groups in total. The van der Waals surface area contributed by atoms with Gasteiger partial charge in [0.15, 0.2) is 0 Å². The molecule has 0 fully saturated rings. The minimum atomic E-state index is -0.387. The fourth-order valence-corrected chi connectivity index (χ4v) is 3.12. The first-order valence-electron chi connectivity index (χ1n) is 7.99. The van der Waals surface area contributed by atoms with E-state index in [-0.39, 0.29) is 5.97 Å². The Morgan fingerprint density at radius 3 is 2.44 bits per heavy atom. The number of pyridine rings is 1. The molecule has 0 saturated heterocycles. The van der Waals surface area contributed by atoms with Crippen LogP contribution in [-0.2, 0) is 4.79 Å². The number of benzene rings is 3. The minimum absolute atomic E-state index is 0.298. The highest BCUT2D eigenvalue weighted by Gasteiger charge is 2.11. The number of hydrogen-bond donors (Lipinski definition) is 1. The molecule has 0 saturated carbocycles. The molecule has 4 rings (SSSR count). The number of para-hydroxylation sites is 1. The molecule has 0 unspecified atom stereocenters. The lowest BCUT2D eigenvalue weighted by Crippen LogP contribution is -2.03. The van der Waals surface area contributed by atoms with Gasteiger partial charge in [0.25, 0.3) is 0 Å². The quantitative estimate of drug-likeness (QED) is 0.433. The molecule has 0 aliphatic rings. The molecule has 0 atom stereocenters. The fraction of sp³-hybridized carbons (Fsp3) is 0.0476. The van der Waals surface area contributed by atoms with Crippen molar-refractivity contribution in [2.24, 2.45) is 0 Å². The molecule has 25 heavy (non-hydrogen) atoms. The van der Waals surface area contributed by atoms with Crippen LogP contribution in [0, 0.1) is 0 Å². The zero-order valence-corrected chi connectivity index (χ0v) is 13.7. The van der Waals surface area contributed by atoms with E-state index in [4.69, 9.17) is 10.5 Å². The molecule has 0 radical (unpaired) electrons. The third-order valence-electron chi connectivity index (χ3n) is 4.19. The summed E-state index contributed by atoms with van der Waals surface area (Å²) in [6.45, 7) is 1.37. The molecule has 0 amide bonds. The molecule has 4 heteroatoms. The van der Waals surface area contributed by atoms with Gasteiger partial charge in [0.1, 0.15) is 0 Å². The number of anilines is 1. The van der Waals surface area contributed by atoms with E-state index in [0.717, 1.165) is 38.5 Å². The predicted molar refractivity (Wildman–Crippen MR) is 100 cm³/mol. The Balaban J connectivity index is 2.01. The van der Waals surface area contributed by atoms with Crippen LogP contribution in [0.4, 0.5) is 5.69 Å². The normalized spacial score (nSPS) is 10.9. The maximum Gasteiger partial charge on any atom is 0.309 e. The predicted octanol–water partition coefficient (Wildman–Crippen LogP) is 4.56. The van der Waals surface area contributed by atoms with E-state index in [9.17, 15) is 4.79 Å². The molecular formula is C21H16N2O2. The van der Waals surface area contributed by atoms with Gasteiger partial charge in [-0.3, -0.25) is 4.79 Å². The van der Waals surface area contributed by atoms with E-state index in [0.29, 0.717) is 5.88 Å². The summed E-state index contributed by atoms with van der Waals surface area (Å²) in [5.41, 5.74) is 9.67. The lowest BCUT2D eigenvalue weighted by Gasteiger charge is -2.11. The van der Waals surface area contributed by atoms with Crippen LogP contribution < -0.4 is 10.5 Å². The molecule has 1 aromatic heterocycles. The van der Waals surface area contributed by atoms with Crippen LogP contribution >= 0.6 is 0 Å². The van der Waals surface area contributed by atoms with Gasteiger partial charge in [-0.25, -0.2) is 4.98 Å². The Bertz CT molecular complexity index is 1120. The van der Waals surface area contributed by atoms with Crippen molar-refractivity contribution < 1.29 is 9.53 Å². The molecule has 3 aromatic carbocycles. The number of rotatable bonds is 2. The van der Waals surface area contributed by atoms with E-state index < -0.39 is 0 Å². The molecule has 0 bridgehead atoms. The molecule has 0 aliphatic heterocycles. The molecule has 4 aromatic rings. The summed E-state index contributed by atoms with van der Waals surface area (Å²) in [5.74, 6) is -0.0885. The van der Waals surface area contributed by atoms with E-state index in [1.54, 1.807) is 6.07 Å². The molecular weight excluding hydrogens is 312 g/mol. The van der Waals surface area contributed by atoms with Gasteiger partial charge in [0, 0.05) is 35.0 Å². The SMILES string of the molecule is CC(=O)Oc1ccc2cccc(-c3cccc4c(N)cccc34)c2n1. The van der Waals surface area contributed by atoms with Crippen LogP contribution in [0.5, 0.6) is 5.88 Å². The molecule has 0 aliphatic carbocycles.